The summed E-state index contributed by atoms with van der Waals surface area (Å²) in [5.74, 6) is 0.612. The van der Waals surface area contributed by atoms with Crippen LogP contribution in [-0.4, -0.2) is 26.4 Å². The molecule has 22 heavy (non-hydrogen) atoms. The lowest BCUT2D eigenvalue weighted by Gasteiger charge is -2.18. The van der Waals surface area contributed by atoms with E-state index in [2.05, 4.69) is 9.89 Å². The van der Waals surface area contributed by atoms with Crippen molar-refractivity contribution in [3.8, 4) is 5.75 Å². The van der Waals surface area contributed by atoms with E-state index in [4.69, 9.17) is 4.74 Å². The summed E-state index contributed by atoms with van der Waals surface area (Å²) >= 11 is 0. The number of methoxy groups -OCH3 is 1. The molecule has 1 aliphatic heterocycles. The summed E-state index contributed by atoms with van der Waals surface area (Å²) in [6.07, 6.45) is 3.96. The van der Waals surface area contributed by atoms with Crippen LogP contribution in [0.4, 0.5) is 15.8 Å². The lowest BCUT2D eigenvalue weighted by atomic mass is 10.2. The first-order valence-corrected chi connectivity index (χ1v) is 7.49. The summed E-state index contributed by atoms with van der Waals surface area (Å²) in [7, 11) is 1.63. The van der Waals surface area contributed by atoms with Gasteiger partial charge in [-0.25, -0.2) is 4.39 Å². The second-order valence-corrected chi connectivity index (χ2v) is 5.36. The van der Waals surface area contributed by atoms with E-state index in [-0.39, 0.29) is 5.82 Å². The number of nitrogens with zero attached hydrogens (tertiary/aromatic N) is 2. The molecular weight excluding hydrogens is 279 g/mol. The number of benzene rings is 2. The SMILES string of the molecule is COc1ccc(N=Cc2ccc(N3CCCC3)c(F)c2)cc1. The van der Waals surface area contributed by atoms with E-state index in [0.29, 0.717) is 5.69 Å². The lowest BCUT2D eigenvalue weighted by Crippen LogP contribution is -2.18. The molecule has 2 aromatic carbocycles. The van der Waals surface area contributed by atoms with Gasteiger partial charge in [0.25, 0.3) is 0 Å². The number of aliphatic imine (C=N–C) groups is 1. The minimum atomic E-state index is -0.180. The van der Waals surface area contributed by atoms with Crippen molar-refractivity contribution in [3.63, 3.8) is 0 Å². The van der Waals surface area contributed by atoms with Gasteiger partial charge < -0.3 is 9.64 Å². The number of anilines is 1. The molecule has 0 amide bonds. The van der Waals surface area contributed by atoms with Gasteiger partial charge in [-0.15, -0.1) is 0 Å². The van der Waals surface area contributed by atoms with Crippen molar-refractivity contribution < 1.29 is 9.13 Å². The summed E-state index contributed by atoms with van der Waals surface area (Å²) in [6.45, 7) is 1.88. The van der Waals surface area contributed by atoms with E-state index in [9.17, 15) is 4.39 Å². The van der Waals surface area contributed by atoms with Crippen molar-refractivity contribution in [2.24, 2.45) is 4.99 Å². The predicted octanol–water partition coefficient (Wildman–Crippen LogP) is 4.19. The van der Waals surface area contributed by atoms with Gasteiger partial charge in [0.05, 0.1) is 18.5 Å². The van der Waals surface area contributed by atoms with Crippen LogP contribution in [0.5, 0.6) is 5.75 Å². The summed E-state index contributed by atoms with van der Waals surface area (Å²) in [6, 6.07) is 12.7. The zero-order chi connectivity index (χ0) is 15.4. The highest BCUT2D eigenvalue weighted by molar-refractivity contribution is 5.82. The van der Waals surface area contributed by atoms with Gasteiger partial charge in [0.2, 0.25) is 0 Å². The first-order valence-electron chi connectivity index (χ1n) is 7.49. The summed E-state index contributed by atoms with van der Waals surface area (Å²) in [5, 5.41) is 0. The van der Waals surface area contributed by atoms with Crippen molar-refractivity contribution >= 4 is 17.6 Å². The Kier molecular flexibility index (Phi) is 4.37. The van der Waals surface area contributed by atoms with Crippen LogP contribution in [-0.2, 0) is 0 Å². The molecule has 0 radical (unpaired) electrons. The van der Waals surface area contributed by atoms with Crippen LogP contribution >= 0.6 is 0 Å². The molecule has 114 valence electrons. The van der Waals surface area contributed by atoms with Crippen LogP contribution in [0.2, 0.25) is 0 Å². The molecule has 0 bridgehead atoms. The van der Waals surface area contributed by atoms with E-state index in [1.54, 1.807) is 19.4 Å². The highest BCUT2D eigenvalue weighted by Gasteiger charge is 2.15. The smallest absolute Gasteiger partial charge is 0.147 e. The van der Waals surface area contributed by atoms with Gasteiger partial charge in [0.1, 0.15) is 11.6 Å². The Morgan fingerprint density at radius 3 is 2.45 bits per heavy atom. The maximum absolute atomic E-state index is 14.2. The number of hydrogen-bond donors (Lipinski definition) is 0. The summed E-state index contributed by atoms with van der Waals surface area (Å²) in [5.41, 5.74) is 2.26. The number of halogens is 1. The second kappa shape index (κ2) is 6.60. The summed E-state index contributed by atoms with van der Waals surface area (Å²) in [4.78, 5) is 6.46. The van der Waals surface area contributed by atoms with Crippen LogP contribution in [0.25, 0.3) is 0 Å². The molecule has 1 fully saturated rings. The fraction of sp³-hybridized carbons (Fsp3) is 0.278. The minimum absolute atomic E-state index is 0.180. The highest BCUT2D eigenvalue weighted by atomic mass is 19.1. The monoisotopic (exact) mass is 298 g/mol. The Balaban J connectivity index is 1.74. The molecule has 0 N–H and O–H groups in total. The molecule has 0 spiro atoms. The highest BCUT2D eigenvalue weighted by Crippen LogP contribution is 2.24. The molecule has 2 aromatic rings. The molecule has 1 heterocycles. The first-order chi connectivity index (χ1) is 10.8. The molecule has 0 atom stereocenters. The van der Waals surface area contributed by atoms with E-state index in [1.165, 1.54) is 0 Å². The van der Waals surface area contributed by atoms with Gasteiger partial charge in [-0.3, -0.25) is 4.99 Å². The molecule has 0 aromatic heterocycles. The third kappa shape index (κ3) is 3.27. The van der Waals surface area contributed by atoms with Gasteiger partial charge in [-0.1, -0.05) is 6.07 Å². The Labute approximate surface area is 130 Å². The van der Waals surface area contributed by atoms with E-state index >= 15 is 0 Å². The van der Waals surface area contributed by atoms with E-state index in [0.717, 1.165) is 42.9 Å². The Morgan fingerprint density at radius 2 is 1.82 bits per heavy atom. The maximum atomic E-state index is 14.2. The molecule has 1 saturated heterocycles. The van der Waals surface area contributed by atoms with Crippen molar-refractivity contribution in [2.45, 2.75) is 12.8 Å². The largest absolute Gasteiger partial charge is 0.497 e. The van der Waals surface area contributed by atoms with Crippen molar-refractivity contribution in [2.75, 3.05) is 25.1 Å². The van der Waals surface area contributed by atoms with Crippen LogP contribution in [0.1, 0.15) is 18.4 Å². The van der Waals surface area contributed by atoms with E-state index < -0.39 is 0 Å². The van der Waals surface area contributed by atoms with Gasteiger partial charge in [-0.2, -0.15) is 0 Å². The number of ether oxygens (including phenoxy) is 1. The number of hydrogen-bond acceptors (Lipinski definition) is 3. The van der Waals surface area contributed by atoms with Crippen LogP contribution in [0.15, 0.2) is 47.5 Å². The average Bonchev–Trinajstić information content (AvgIpc) is 3.07. The molecular formula is C18H19FN2O. The standard InChI is InChI=1S/C18H19FN2O/c1-22-16-7-5-15(6-8-16)20-13-14-4-9-18(17(19)12-14)21-10-2-3-11-21/h4-9,12-13H,2-3,10-11H2,1H3. The van der Waals surface area contributed by atoms with Gasteiger partial charge >= 0.3 is 0 Å². The zero-order valence-corrected chi connectivity index (χ0v) is 12.6. The average molecular weight is 298 g/mol. The molecule has 3 rings (SSSR count). The van der Waals surface area contributed by atoms with Crippen LogP contribution < -0.4 is 9.64 Å². The lowest BCUT2D eigenvalue weighted by molar-refractivity contribution is 0.415. The summed E-state index contributed by atoms with van der Waals surface area (Å²) < 4.78 is 19.3. The fourth-order valence-electron chi connectivity index (χ4n) is 2.64. The predicted molar refractivity (Wildman–Crippen MR) is 88.1 cm³/mol. The molecule has 0 aliphatic carbocycles. The molecule has 3 nitrogen and oxygen atoms in total. The van der Waals surface area contributed by atoms with E-state index in [1.807, 2.05) is 36.4 Å². The Bertz CT molecular complexity index is 661. The quantitative estimate of drug-likeness (QED) is 0.791. The third-order valence-electron chi connectivity index (χ3n) is 3.85. The van der Waals surface area contributed by atoms with Crippen molar-refractivity contribution in [1.82, 2.24) is 0 Å². The maximum Gasteiger partial charge on any atom is 0.147 e. The third-order valence-corrected chi connectivity index (χ3v) is 3.85. The molecule has 4 heteroatoms. The number of rotatable bonds is 4. The van der Waals surface area contributed by atoms with Crippen LogP contribution in [0.3, 0.4) is 0 Å². The van der Waals surface area contributed by atoms with Crippen molar-refractivity contribution in [3.05, 3.63) is 53.8 Å². The van der Waals surface area contributed by atoms with Crippen LogP contribution in [0, 0.1) is 5.82 Å². The second-order valence-electron chi connectivity index (χ2n) is 5.36. The molecule has 0 saturated carbocycles. The molecule has 1 aliphatic rings. The van der Waals surface area contributed by atoms with Crippen molar-refractivity contribution in [1.29, 1.82) is 0 Å². The zero-order valence-electron chi connectivity index (χ0n) is 12.6. The van der Waals surface area contributed by atoms with Gasteiger partial charge in [0, 0.05) is 19.3 Å². The molecule has 0 unspecified atom stereocenters. The topological polar surface area (TPSA) is 24.8 Å². The van der Waals surface area contributed by atoms with Gasteiger partial charge in [0.15, 0.2) is 0 Å². The first kappa shape index (κ1) is 14.6. The normalized spacial score (nSPS) is 14.7. The Morgan fingerprint density at radius 1 is 1.09 bits per heavy atom. The Hall–Kier alpha value is -2.36. The van der Waals surface area contributed by atoms with Gasteiger partial charge in [-0.05, 0) is 54.8 Å². The fourth-order valence-corrected chi connectivity index (χ4v) is 2.64. The minimum Gasteiger partial charge on any atom is -0.497 e.